The van der Waals surface area contributed by atoms with E-state index in [-0.39, 0.29) is 5.91 Å². The molecule has 1 aliphatic rings. The van der Waals surface area contributed by atoms with Crippen molar-refractivity contribution in [1.82, 2.24) is 9.88 Å². The Hall–Kier alpha value is -2.48. The molecule has 0 bridgehead atoms. The van der Waals surface area contributed by atoms with Crippen LogP contribution >= 0.6 is 11.3 Å². The van der Waals surface area contributed by atoms with Crippen molar-refractivity contribution in [2.75, 3.05) is 51.4 Å². The molecule has 4 rings (SSSR count). The molecule has 0 saturated carbocycles. The van der Waals surface area contributed by atoms with Crippen LogP contribution in [-0.2, 0) is 4.74 Å². The summed E-state index contributed by atoms with van der Waals surface area (Å²) in [6.07, 6.45) is 0. The van der Waals surface area contributed by atoms with Crippen molar-refractivity contribution in [2.45, 2.75) is 13.8 Å². The average molecular weight is 426 g/mol. The van der Waals surface area contributed by atoms with Crippen LogP contribution in [0.5, 0.6) is 5.75 Å². The SMILES string of the molecule is COc1ccc(C(=O)N(CCN2CCOCC2)c2nc3c(C)ccc(C)c3s2)cc1. The summed E-state index contributed by atoms with van der Waals surface area (Å²) in [5, 5.41) is 0.747. The maximum Gasteiger partial charge on any atom is 0.260 e. The van der Waals surface area contributed by atoms with E-state index in [9.17, 15) is 4.79 Å². The van der Waals surface area contributed by atoms with Gasteiger partial charge in [0.1, 0.15) is 5.75 Å². The lowest BCUT2D eigenvalue weighted by molar-refractivity contribution is 0.0391. The number of nitrogens with zero attached hydrogens (tertiary/aromatic N) is 3. The van der Waals surface area contributed by atoms with Crippen LogP contribution in [0.25, 0.3) is 10.2 Å². The van der Waals surface area contributed by atoms with Crippen LogP contribution in [0.15, 0.2) is 36.4 Å². The first-order chi connectivity index (χ1) is 14.6. The molecule has 30 heavy (non-hydrogen) atoms. The van der Waals surface area contributed by atoms with Gasteiger partial charge in [-0.2, -0.15) is 0 Å². The fraction of sp³-hybridized carbons (Fsp3) is 0.391. The van der Waals surface area contributed by atoms with Gasteiger partial charge in [-0.15, -0.1) is 0 Å². The molecule has 0 aliphatic carbocycles. The number of fused-ring (bicyclic) bond motifs is 1. The Morgan fingerprint density at radius 1 is 1.13 bits per heavy atom. The normalized spacial score (nSPS) is 14.8. The third-order valence-corrected chi connectivity index (χ3v) is 6.70. The van der Waals surface area contributed by atoms with Crippen LogP contribution in [0.2, 0.25) is 0 Å². The van der Waals surface area contributed by atoms with Gasteiger partial charge in [-0.25, -0.2) is 4.98 Å². The quantitative estimate of drug-likeness (QED) is 0.600. The lowest BCUT2D eigenvalue weighted by atomic mass is 10.1. The molecule has 0 spiro atoms. The van der Waals surface area contributed by atoms with Crippen LogP contribution in [0, 0.1) is 13.8 Å². The minimum Gasteiger partial charge on any atom is -0.497 e. The fourth-order valence-electron chi connectivity index (χ4n) is 3.60. The Bertz CT molecular complexity index is 987. The molecule has 1 aromatic heterocycles. The number of benzene rings is 2. The number of aromatic nitrogens is 1. The zero-order valence-electron chi connectivity index (χ0n) is 17.7. The second-order valence-electron chi connectivity index (χ2n) is 7.51. The summed E-state index contributed by atoms with van der Waals surface area (Å²) in [6.45, 7) is 8.80. The van der Waals surface area contributed by atoms with Gasteiger partial charge < -0.3 is 9.47 Å². The Morgan fingerprint density at radius 2 is 1.83 bits per heavy atom. The number of methoxy groups -OCH3 is 1. The minimum atomic E-state index is -0.0414. The van der Waals surface area contributed by atoms with Gasteiger partial charge in [0.25, 0.3) is 5.91 Å². The number of ether oxygens (including phenoxy) is 2. The van der Waals surface area contributed by atoms with Crippen molar-refractivity contribution in [1.29, 1.82) is 0 Å². The summed E-state index contributed by atoms with van der Waals surface area (Å²) in [5.41, 5.74) is 3.92. The highest BCUT2D eigenvalue weighted by atomic mass is 32.1. The third-order valence-electron chi connectivity index (χ3n) is 5.49. The predicted octanol–water partition coefficient (Wildman–Crippen LogP) is 3.90. The first-order valence-electron chi connectivity index (χ1n) is 10.2. The molecule has 7 heteroatoms. The summed E-state index contributed by atoms with van der Waals surface area (Å²) >= 11 is 1.59. The number of anilines is 1. The standard InChI is InChI=1S/C23H27N3O3S/c1-16-4-5-17(2)21-20(16)24-23(30-21)26(11-10-25-12-14-29-15-13-25)22(27)18-6-8-19(28-3)9-7-18/h4-9H,10-15H2,1-3H3. The van der Waals surface area contributed by atoms with Crippen molar-refractivity contribution >= 4 is 32.6 Å². The Morgan fingerprint density at radius 3 is 2.50 bits per heavy atom. The number of carbonyl (C=O) groups excluding carboxylic acids is 1. The van der Waals surface area contributed by atoms with E-state index in [1.807, 2.05) is 29.2 Å². The van der Waals surface area contributed by atoms with E-state index in [0.717, 1.165) is 59.5 Å². The monoisotopic (exact) mass is 425 g/mol. The number of hydrogen-bond donors (Lipinski definition) is 0. The molecule has 2 aromatic carbocycles. The van der Waals surface area contributed by atoms with E-state index < -0.39 is 0 Å². The van der Waals surface area contributed by atoms with Gasteiger partial charge in [-0.05, 0) is 49.2 Å². The van der Waals surface area contributed by atoms with E-state index in [2.05, 4.69) is 30.9 Å². The summed E-state index contributed by atoms with van der Waals surface area (Å²) < 4.78 is 11.8. The molecular weight excluding hydrogens is 398 g/mol. The largest absolute Gasteiger partial charge is 0.497 e. The van der Waals surface area contributed by atoms with E-state index >= 15 is 0 Å². The highest BCUT2D eigenvalue weighted by molar-refractivity contribution is 7.22. The maximum atomic E-state index is 13.5. The zero-order valence-corrected chi connectivity index (χ0v) is 18.5. The highest BCUT2D eigenvalue weighted by Crippen LogP contribution is 2.33. The summed E-state index contributed by atoms with van der Waals surface area (Å²) in [6, 6.07) is 11.5. The molecule has 1 saturated heterocycles. The minimum absolute atomic E-state index is 0.0414. The lowest BCUT2D eigenvalue weighted by Gasteiger charge is -2.29. The predicted molar refractivity (Wildman–Crippen MR) is 121 cm³/mol. The molecule has 3 aromatic rings. The van der Waals surface area contributed by atoms with Gasteiger partial charge in [0.05, 0.1) is 30.5 Å². The van der Waals surface area contributed by atoms with Crippen LogP contribution < -0.4 is 9.64 Å². The second kappa shape index (κ2) is 9.12. The van der Waals surface area contributed by atoms with Crippen LogP contribution in [-0.4, -0.2) is 62.3 Å². The highest BCUT2D eigenvalue weighted by Gasteiger charge is 2.23. The van der Waals surface area contributed by atoms with Gasteiger partial charge in [0, 0.05) is 31.7 Å². The number of thiazole rings is 1. The number of rotatable bonds is 6. The molecule has 158 valence electrons. The third kappa shape index (κ3) is 4.33. The molecule has 0 atom stereocenters. The second-order valence-corrected chi connectivity index (χ2v) is 8.49. The van der Waals surface area contributed by atoms with Crippen molar-refractivity contribution in [3.63, 3.8) is 0 Å². The molecule has 1 amide bonds. The summed E-state index contributed by atoms with van der Waals surface area (Å²) in [5.74, 6) is 0.693. The van der Waals surface area contributed by atoms with Gasteiger partial charge >= 0.3 is 0 Å². The van der Waals surface area contributed by atoms with Crippen LogP contribution in [0.3, 0.4) is 0 Å². The molecule has 6 nitrogen and oxygen atoms in total. The van der Waals surface area contributed by atoms with Gasteiger partial charge in [0.15, 0.2) is 5.13 Å². The van der Waals surface area contributed by atoms with Crippen molar-refractivity contribution in [2.24, 2.45) is 0 Å². The molecule has 2 heterocycles. The number of carbonyl (C=O) groups is 1. The Labute approximate surface area is 181 Å². The molecule has 0 N–H and O–H groups in total. The molecule has 0 unspecified atom stereocenters. The van der Waals surface area contributed by atoms with Crippen molar-refractivity contribution < 1.29 is 14.3 Å². The zero-order chi connectivity index (χ0) is 21.1. The van der Waals surface area contributed by atoms with E-state index in [0.29, 0.717) is 12.1 Å². The topological polar surface area (TPSA) is 54.9 Å². The summed E-state index contributed by atoms with van der Waals surface area (Å²) in [7, 11) is 1.62. The molecular formula is C23H27N3O3S. The summed E-state index contributed by atoms with van der Waals surface area (Å²) in [4.78, 5) is 22.5. The number of hydrogen-bond acceptors (Lipinski definition) is 6. The fourth-order valence-corrected chi connectivity index (χ4v) is 4.74. The number of morpholine rings is 1. The average Bonchev–Trinajstić information content (AvgIpc) is 3.24. The first kappa shape index (κ1) is 20.8. The Kier molecular flexibility index (Phi) is 6.32. The van der Waals surface area contributed by atoms with E-state index in [4.69, 9.17) is 14.5 Å². The number of aryl methyl sites for hydroxylation is 2. The molecule has 1 aliphatic heterocycles. The van der Waals surface area contributed by atoms with Crippen LogP contribution in [0.4, 0.5) is 5.13 Å². The smallest absolute Gasteiger partial charge is 0.260 e. The van der Waals surface area contributed by atoms with Crippen LogP contribution in [0.1, 0.15) is 21.5 Å². The lowest BCUT2D eigenvalue weighted by Crippen LogP contribution is -2.43. The first-order valence-corrected chi connectivity index (χ1v) is 11.0. The van der Waals surface area contributed by atoms with Gasteiger partial charge in [-0.1, -0.05) is 23.5 Å². The molecule has 0 radical (unpaired) electrons. The van der Waals surface area contributed by atoms with Gasteiger partial charge in [0.2, 0.25) is 0 Å². The number of amides is 1. The van der Waals surface area contributed by atoms with E-state index in [1.165, 1.54) is 5.56 Å². The van der Waals surface area contributed by atoms with Crippen molar-refractivity contribution in [3.05, 3.63) is 53.1 Å². The van der Waals surface area contributed by atoms with Crippen molar-refractivity contribution in [3.8, 4) is 5.75 Å². The Balaban J connectivity index is 1.66. The van der Waals surface area contributed by atoms with E-state index in [1.54, 1.807) is 18.4 Å². The maximum absolute atomic E-state index is 13.5. The van der Waals surface area contributed by atoms with Gasteiger partial charge in [-0.3, -0.25) is 14.6 Å². The molecule has 1 fully saturated rings.